The highest BCUT2D eigenvalue weighted by molar-refractivity contribution is 7.80. The lowest BCUT2D eigenvalue weighted by Crippen LogP contribution is -2.34. The van der Waals surface area contributed by atoms with Crippen LogP contribution in [0, 0.1) is 0 Å². The van der Waals surface area contributed by atoms with Gasteiger partial charge in [0.05, 0.1) is 17.8 Å². The van der Waals surface area contributed by atoms with Gasteiger partial charge in [0.15, 0.2) is 5.11 Å². The van der Waals surface area contributed by atoms with E-state index in [2.05, 4.69) is 22.5 Å². The lowest BCUT2D eigenvalue weighted by atomic mass is 10.2. The second-order valence-corrected chi connectivity index (χ2v) is 6.42. The second kappa shape index (κ2) is 9.09. The Morgan fingerprint density at radius 2 is 1.89 bits per heavy atom. The van der Waals surface area contributed by atoms with Crippen molar-refractivity contribution in [3.05, 3.63) is 66.4 Å². The maximum atomic E-state index is 12.4. The van der Waals surface area contributed by atoms with E-state index in [0.717, 1.165) is 35.2 Å². The SMILES string of the molecule is CCCCOc1ccc(C(=O)NC(=S)Nc2cccc3cccnc23)cc1. The molecule has 0 atom stereocenters. The standard InChI is InChI=1S/C21H21N3O2S/c1-2-3-14-26-17-11-9-16(10-12-17)20(25)24-21(27)23-18-8-4-6-15-7-5-13-22-19(15)18/h4-13H,2-3,14H2,1H3,(H2,23,24,25,27). The summed E-state index contributed by atoms with van der Waals surface area (Å²) in [6.45, 7) is 2.79. The second-order valence-electron chi connectivity index (χ2n) is 6.02. The normalized spacial score (nSPS) is 10.4. The summed E-state index contributed by atoms with van der Waals surface area (Å²) in [6.07, 6.45) is 3.81. The fraction of sp³-hybridized carbons (Fsp3) is 0.190. The molecule has 1 aromatic heterocycles. The number of thiocarbonyl (C=S) groups is 1. The van der Waals surface area contributed by atoms with Crippen LogP contribution in [0.4, 0.5) is 5.69 Å². The van der Waals surface area contributed by atoms with Gasteiger partial charge in [-0.3, -0.25) is 15.1 Å². The molecule has 6 heteroatoms. The quantitative estimate of drug-likeness (QED) is 0.486. The predicted octanol–water partition coefficient (Wildman–Crippen LogP) is 4.54. The Morgan fingerprint density at radius 3 is 2.67 bits per heavy atom. The van der Waals surface area contributed by atoms with E-state index in [-0.39, 0.29) is 11.0 Å². The number of anilines is 1. The van der Waals surface area contributed by atoms with Gasteiger partial charge in [-0.05, 0) is 55.0 Å². The Kier molecular flexibility index (Phi) is 6.33. The van der Waals surface area contributed by atoms with E-state index in [1.807, 2.05) is 30.3 Å². The van der Waals surface area contributed by atoms with Gasteiger partial charge in [-0.2, -0.15) is 0 Å². The first-order valence-corrected chi connectivity index (χ1v) is 9.27. The minimum atomic E-state index is -0.277. The molecule has 3 rings (SSSR count). The highest BCUT2D eigenvalue weighted by Gasteiger charge is 2.10. The van der Waals surface area contributed by atoms with E-state index >= 15 is 0 Å². The summed E-state index contributed by atoms with van der Waals surface area (Å²) in [5, 5.41) is 6.96. The van der Waals surface area contributed by atoms with E-state index in [0.29, 0.717) is 12.2 Å². The molecule has 0 saturated heterocycles. The van der Waals surface area contributed by atoms with E-state index in [1.165, 1.54) is 0 Å². The van der Waals surface area contributed by atoms with Crippen LogP contribution in [-0.4, -0.2) is 22.6 Å². The maximum absolute atomic E-state index is 12.4. The van der Waals surface area contributed by atoms with Crippen LogP contribution in [0.2, 0.25) is 0 Å². The molecule has 1 amide bonds. The largest absolute Gasteiger partial charge is 0.494 e. The van der Waals surface area contributed by atoms with Crippen LogP contribution >= 0.6 is 12.2 Å². The van der Waals surface area contributed by atoms with Gasteiger partial charge in [-0.25, -0.2) is 0 Å². The van der Waals surface area contributed by atoms with Crippen LogP contribution in [0.3, 0.4) is 0 Å². The number of hydrogen-bond acceptors (Lipinski definition) is 4. The number of hydrogen-bond donors (Lipinski definition) is 2. The number of aromatic nitrogens is 1. The third-order valence-electron chi connectivity index (χ3n) is 3.99. The van der Waals surface area contributed by atoms with Crippen molar-refractivity contribution >= 4 is 39.8 Å². The van der Waals surface area contributed by atoms with Crippen LogP contribution in [0.25, 0.3) is 10.9 Å². The minimum Gasteiger partial charge on any atom is -0.494 e. The van der Waals surface area contributed by atoms with Crippen molar-refractivity contribution in [2.75, 3.05) is 11.9 Å². The van der Waals surface area contributed by atoms with Crippen molar-refractivity contribution in [2.24, 2.45) is 0 Å². The zero-order chi connectivity index (χ0) is 19.1. The number of para-hydroxylation sites is 1. The summed E-state index contributed by atoms with van der Waals surface area (Å²) in [6, 6.07) is 16.6. The van der Waals surface area contributed by atoms with Crippen LogP contribution in [0.1, 0.15) is 30.1 Å². The topological polar surface area (TPSA) is 63.2 Å². The molecule has 2 N–H and O–H groups in total. The molecule has 2 aromatic carbocycles. The first kappa shape index (κ1) is 18.8. The van der Waals surface area contributed by atoms with E-state index in [4.69, 9.17) is 17.0 Å². The lowest BCUT2D eigenvalue weighted by Gasteiger charge is -2.11. The van der Waals surface area contributed by atoms with Gasteiger partial charge in [0.1, 0.15) is 5.75 Å². The molecule has 138 valence electrons. The molecule has 0 spiro atoms. The van der Waals surface area contributed by atoms with Crippen molar-refractivity contribution in [1.82, 2.24) is 10.3 Å². The van der Waals surface area contributed by atoms with Crippen molar-refractivity contribution < 1.29 is 9.53 Å². The van der Waals surface area contributed by atoms with Gasteiger partial charge in [0.25, 0.3) is 5.91 Å². The number of ether oxygens (including phenoxy) is 1. The molecule has 0 radical (unpaired) electrons. The Morgan fingerprint density at radius 1 is 1.11 bits per heavy atom. The Balaban J connectivity index is 1.61. The zero-order valence-electron chi connectivity index (χ0n) is 15.1. The lowest BCUT2D eigenvalue weighted by molar-refractivity contribution is 0.0977. The van der Waals surface area contributed by atoms with Gasteiger partial charge in [-0.1, -0.05) is 31.5 Å². The summed E-state index contributed by atoms with van der Waals surface area (Å²) in [5.41, 5.74) is 2.06. The number of pyridine rings is 1. The molecular formula is C21H21N3O2S. The van der Waals surface area contributed by atoms with E-state index in [1.54, 1.807) is 30.5 Å². The number of amides is 1. The molecule has 0 unspecified atom stereocenters. The number of nitrogens with one attached hydrogen (secondary N) is 2. The summed E-state index contributed by atoms with van der Waals surface area (Å²) in [4.78, 5) is 16.7. The van der Waals surface area contributed by atoms with Gasteiger partial charge < -0.3 is 10.1 Å². The number of nitrogens with zero attached hydrogens (tertiary/aromatic N) is 1. The van der Waals surface area contributed by atoms with Crippen LogP contribution in [-0.2, 0) is 0 Å². The number of fused-ring (bicyclic) bond motifs is 1. The molecule has 5 nitrogen and oxygen atoms in total. The fourth-order valence-electron chi connectivity index (χ4n) is 2.57. The van der Waals surface area contributed by atoms with Crippen molar-refractivity contribution in [1.29, 1.82) is 0 Å². The first-order chi connectivity index (χ1) is 13.2. The summed E-state index contributed by atoms with van der Waals surface area (Å²) in [7, 11) is 0. The average Bonchev–Trinajstić information content (AvgIpc) is 2.69. The van der Waals surface area contributed by atoms with Gasteiger partial charge in [0.2, 0.25) is 0 Å². The molecule has 3 aromatic rings. The molecule has 0 saturated carbocycles. The highest BCUT2D eigenvalue weighted by Crippen LogP contribution is 2.20. The van der Waals surface area contributed by atoms with Gasteiger partial charge >= 0.3 is 0 Å². The van der Waals surface area contributed by atoms with E-state index in [9.17, 15) is 4.79 Å². The van der Waals surface area contributed by atoms with Crippen LogP contribution in [0.5, 0.6) is 5.75 Å². The van der Waals surface area contributed by atoms with Crippen molar-refractivity contribution in [3.8, 4) is 5.75 Å². The van der Waals surface area contributed by atoms with Gasteiger partial charge in [0, 0.05) is 17.1 Å². The average molecular weight is 379 g/mol. The molecule has 27 heavy (non-hydrogen) atoms. The number of rotatable bonds is 6. The molecule has 1 heterocycles. The minimum absolute atomic E-state index is 0.224. The Hall–Kier alpha value is -2.99. The Labute approximate surface area is 163 Å². The van der Waals surface area contributed by atoms with Crippen molar-refractivity contribution in [2.45, 2.75) is 19.8 Å². The highest BCUT2D eigenvalue weighted by atomic mass is 32.1. The third kappa shape index (κ3) is 5.01. The molecule has 0 aliphatic rings. The van der Waals surface area contributed by atoms with Gasteiger partial charge in [-0.15, -0.1) is 0 Å². The first-order valence-electron chi connectivity index (χ1n) is 8.86. The van der Waals surface area contributed by atoms with Crippen LogP contribution < -0.4 is 15.4 Å². The summed E-state index contributed by atoms with van der Waals surface area (Å²) < 4.78 is 5.61. The number of benzene rings is 2. The van der Waals surface area contributed by atoms with E-state index < -0.39 is 0 Å². The number of unbranched alkanes of at least 4 members (excludes halogenated alkanes) is 1. The Bertz CT molecular complexity index is 936. The smallest absolute Gasteiger partial charge is 0.257 e. The molecule has 0 aliphatic carbocycles. The molecule has 0 bridgehead atoms. The van der Waals surface area contributed by atoms with Crippen LogP contribution in [0.15, 0.2) is 60.8 Å². The monoisotopic (exact) mass is 379 g/mol. The number of carbonyl (C=O) groups excluding carboxylic acids is 1. The van der Waals surface area contributed by atoms with Crippen molar-refractivity contribution in [3.63, 3.8) is 0 Å². The third-order valence-corrected chi connectivity index (χ3v) is 4.20. The molecule has 0 fully saturated rings. The molecule has 0 aliphatic heterocycles. The number of carbonyl (C=O) groups is 1. The fourth-order valence-corrected chi connectivity index (χ4v) is 2.77. The maximum Gasteiger partial charge on any atom is 0.257 e. The zero-order valence-corrected chi connectivity index (χ0v) is 15.9. The molecular weight excluding hydrogens is 358 g/mol. The summed E-state index contributed by atoms with van der Waals surface area (Å²) in [5.74, 6) is 0.475. The summed E-state index contributed by atoms with van der Waals surface area (Å²) >= 11 is 5.28. The predicted molar refractivity (Wildman–Crippen MR) is 112 cm³/mol.